The van der Waals surface area contributed by atoms with Crippen molar-refractivity contribution < 1.29 is 4.42 Å². The van der Waals surface area contributed by atoms with E-state index in [0.29, 0.717) is 5.88 Å². The van der Waals surface area contributed by atoms with Crippen LogP contribution in [0.3, 0.4) is 0 Å². The molecule has 0 bridgehead atoms. The molecule has 11 rings (SSSR count). The molecule has 4 heteroatoms. The minimum Gasteiger partial charge on any atom is -0.438 e. The first-order valence-corrected chi connectivity index (χ1v) is 19.8. The summed E-state index contributed by atoms with van der Waals surface area (Å²) < 4.78 is 6.65. The summed E-state index contributed by atoms with van der Waals surface area (Å²) in [5, 5.41) is 5.11. The molecule has 270 valence electrons. The molecule has 4 nitrogen and oxygen atoms in total. The summed E-state index contributed by atoms with van der Waals surface area (Å²) in [6, 6.07) is 56.9. The lowest BCUT2D eigenvalue weighted by Gasteiger charge is -2.35. The fraction of sp³-hybridized carbons (Fsp3) is 0.135. The standard InChI is InChI=1S/C52H41N3O/c1-3-43-41(38-24-12-15-27-44(38)52(43,36-20-6-4-7-21-36)37-22-8-5-9-23-37)30-33(2)49-48-40-26-14-17-29-47(40)56-50(48)54-51(53-49)55-45-28-16-13-25-39(45)42-31-34-18-10-11-19-35(34)32-46(42)55/h4-30,32,42,49H,3,31H2,1-2H3,(H,53,54)/b33-30+. The fourth-order valence-corrected chi connectivity index (χ4v) is 10.2. The first kappa shape index (κ1) is 32.8. The molecule has 0 fully saturated rings. The van der Waals surface area contributed by atoms with Gasteiger partial charge in [-0.15, -0.1) is 0 Å². The number of aliphatic imine (C=N–C) groups is 1. The molecule has 1 N–H and O–H groups in total. The Morgan fingerprint density at radius 1 is 0.786 bits per heavy atom. The molecule has 6 aromatic carbocycles. The number of nitrogens with zero attached hydrogens (tertiary/aromatic N) is 2. The normalized spacial score (nSPS) is 19.0. The van der Waals surface area contributed by atoms with Gasteiger partial charge in [0.15, 0.2) is 0 Å². The number of rotatable bonds is 5. The predicted octanol–water partition coefficient (Wildman–Crippen LogP) is 12.4. The highest BCUT2D eigenvalue weighted by Crippen LogP contribution is 2.57. The first-order valence-electron chi connectivity index (χ1n) is 19.8. The van der Waals surface area contributed by atoms with E-state index < -0.39 is 5.41 Å². The maximum atomic E-state index is 6.65. The summed E-state index contributed by atoms with van der Waals surface area (Å²) in [4.78, 5) is 7.68. The van der Waals surface area contributed by atoms with E-state index in [2.05, 4.69) is 188 Å². The van der Waals surface area contributed by atoms with Crippen LogP contribution >= 0.6 is 0 Å². The molecule has 2 atom stereocenters. The van der Waals surface area contributed by atoms with Crippen molar-refractivity contribution in [1.29, 1.82) is 0 Å². The van der Waals surface area contributed by atoms with Crippen molar-refractivity contribution in [2.45, 2.75) is 44.1 Å². The van der Waals surface area contributed by atoms with Crippen molar-refractivity contribution in [2.75, 3.05) is 4.90 Å². The van der Waals surface area contributed by atoms with Crippen LogP contribution in [0.25, 0.3) is 22.6 Å². The number of anilines is 1. The summed E-state index contributed by atoms with van der Waals surface area (Å²) in [6.07, 6.45) is 6.66. The van der Waals surface area contributed by atoms with Gasteiger partial charge >= 0.3 is 0 Å². The van der Waals surface area contributed by atoms with Crippen molar-refractivity contribution in [3.63, 3.8) is 0 Å². The smallest absolute Gasteiger partial charge is 0.228 e. The van der Waals surface area contributed by atoms with Crippen LogP contribution in [-0.4, -0.2) is 5.96 Å². The Hall–Kier alpha value is -6.65. The van der Waals surface area contributed by atoms with Crippen LogP contribution in [0.5, 0.6) is 0 Å². The van der Waals surface area contributed by atoms with E-state index in [0.717, 1.165) is 35.3 Å². The van der Waals surface area contributed by atoms with Crippen LogP contribution in [-0.2, 0) is 11.8 Å². The number of hydrogen-bond donors (Lipinski definition) is 1. The molecular formula is C52H41N3O. The van der Waals surface area contributed by atoms with Crippen LogP contribution in [0.1, 0.15) is 76.7 Å². The third kappa shape index (κ3) is 4.69. The number of furan rings is 1. The number of para-hydroxylation sites is 2. The van der Waals surface area contributed by atoms with Gasteiger partial charge in [0.25, 0.3) is 0 Å². The maximum Gasteiger partial charge on any atom is 0.228 e. The fourth-order valence-electron chi connectivity index (χ4n) is 10.2. The van der Waals surface area contributed by atoms with E-state index in [1.165, 1.54) is 67.0 Å². The Morgan fingerprint density at radius 3 is 2.27 bits per heavy atom. The van der Waals surface area contributed by atoms with E-state index in [1.807, 2.05) is 6.07 Å². The zero-order valence-electron chi connectivity index (χ0n) is 31.5. The Balaban J connectivity index is 1.11. The lowest BCUT2D eigenvalue weighted by atomic mass is 9.66. The SMILES string of the molecule is CCC1=C(/C=C(\C)C2NC(N3C4=Cc5ccccc5CC4c4ccccc43)=Nc3oc4ccccc4c32)c2ccccc2C1(c1ccccc1)c1ccccc1. The Kier molecular flexibility index (Phi) is 7.43. The topological polar surface area (TPSA) is 40.8 Å². The van der Waals surface area contributed by atoms with Gasteiger partial charge < -0.3 is 9.73 Å². The predicted molar refractivity (Wildman–Crippen MR) is 229 cm³/mol. The van der Waals surface area contributed by atoms with Gasteiger partial charge in [0.05, 0.1) is 22.7 Å². The Morgan fingerprint density at radius 2 is 1.46 bits per heavy atom. The summed E-state index contributed by atoms with van der Waals surface area (Å²) in [5.41, 5.74) is 17.0. The number of hydrogen-bond acceptors (Lipinski definition) is 4. The van der Waals surface area contributed by atoms with Crippen molar-refractivity contribution in [1.82, 2.24) is 5.32 Å². The summed E-state index contributed by atoms with van der Waals surface area (Å²) in [7, 11) is 0. The molecule has 2 unspecified atom stereocenters. The van der Waals surface area contributed by atoms with Crippen LogP contribution in [0.4, 0.5) is 11.6 Å². The van der Waals surface area contributed by atoms with Crippen LogP contribution in [0, 0.1) is 0 Å². The average molecular weight is 724 g/mol. The van der Waals surface area contributed by atoms with Crippen molar-refractivity contribution in [3.05, 3.63) is 225 Å². The van der Waals surface area contributed by atoms with E-state index in [4.69, 9.17) is 9.41 Å². The molecular weight excluding hydrogens is 683 g/mol. The molecule has 0 saturated carbocycles. The Labute approximate surface area is 327 Å². The van der Waals surface area contributed by atoms with Crippen LogP contribution < -0.4 is 10.2 Å². The quantitative estimate of drug-likeness (QED) is 0.192. The molecule has 4 aliphatic rings. The van der Waals surface area contributed by atoms with Gasteiger partial charge in [0.2, 0.25) is 11.8 Å². The van der Waals surface area contributed by atoms with Crippen molar-refractivity contribution in [3.8, 4) is 0 Å². The highest BCUT2D eigenvalue weighted by molar-refractivity contribution is 6.07. The first-order chi connectivity index (χ1) is 27.6. The average Bonchev–Trinajstić information content (AvgIpc) is 3.89. The maximum absolute atomic E-state index is 6.65. The van der Waals surface area contributed by atoms with Gasteiger partial charge in [-0.3, -0.25) is 4.90 Å². The molecule has 2 aliphatic carbocycles. The second kappa shape index (κ2) is 12.7. The number of fused-ring (bicyclic) bond motifs is 8. The van der Waals surface area contributed by atoms with Crippen LogP contribution in [0.2, 0.25) is 0 Å². The lowest BCUT2D eigenvalue weighted by Crippen LogP contribution is -2.43. The molecule has 0 spiro atoms. The second-order valence-corrected chi connectivity index (χ2v) is 15.4. The molecule has 56 heavy (non-hydrogen) atoms. The Bertz CT molecular complexity index is 2780. The van der Waals surface area contributed by atoms with Gasteiger partial charge in [-0.05, 0) is 93.6 Å². The molecule has 1 aromatic heterocycles. The third-order valence-corrected chi connectivity index (χ3v) is 12.5. The molecule has 3 heterocycles. The highest BCUT2D eigenvalue weighted by Gasteiger charge is 2.47. The van der Waals surface area contributed by atoms with Gasteiger partial charge in [-0.2, -0.15) is 4.99 Å². The minimum atomic E-state index is -0.419. The van der Waals surface area contributed by atoms with Gasteiger partial charge in [0, 0.05) is 17.0 Å². The van der Waals surface area contributed by atoms with Gasteiger partial charge in [-0.25, -0.2) is 0 Å². The van der Waals surface area contributed by atoms with E-state index in [9.17, 15) is 0 Å². The van der Waals surface area contributed by atoms with Crippen molar-refractivity contribution in [2.24, 2.45) is 4.99 Å². The monoisotopic (exact) mass is 723 g/mol. The molecule has 2 aliphatic heterocycles. The number of benzene rings is 6. The second-order valence-electron chi connectivity index (χ2n) is 15.4. The lowest BCUT2D eigenvalue weighted by molar-refractivity contribution is 0.599. The van der Waals surface area contributed by atoms with E-state index in [-0.39, 0.29) is 12.0 Å². The molecule has 7 aromatic rings. The summed E-state index contributed by atoms with van der Waals surface area (Å²) in [6.45, 7) is 4.59. The van der Waals surface area contributed by atoms with Crippen molar-refractivity contribution >= 4 is 40.1 Å². The van der Waals surface area contributed by atoms with E-state index in [1.54, 1.807) is 0 Å². The molecule has 0 amide bonds. The van der Waals surface area contributed by atoms with E-state index >= 15 is 0 Å². The van der Waals surface area contributed by atoms with Gasteiger partial charge in [0.1, 0.15) is 5.58 Å². The summed E-state index contributed by atoms with van der Waals surface area (Å²) >= 11 is 0. The minimum absolute atomic E-state index is 0.190. The van der Waals surface area contributed by atoms with Crippen LogP contribution in [0.15, 0.2) is 190 Å². The highest BCUT2D eigenvalue weighted by atomic mass is 16.3. The summed E-state index contributed by atoms with van der Waals surface area (Å²) in [5.74, 6) is 1.69. The zero-order valence-corrected chi connectivity index (χ0v) is 31.5. The molecule has 0 radical (unpaired) electrons. The third-order valence-electron chi connectivity index (χ3n) is 12.5. The molecule has 0 saturated heterocycles. The number of guanidine groups is 1. The van der Waals surface area contributed by atoms with Gasteiger partial charge in [-0.1, -0.05) is 159 Å². The number of allylic oxidation sites excluding steroid dienone is 4. The number of nitrogens with one attached hydrogen (secondary N) is 1. The largest absolute Gasteiger partial charge is 0.438 e. The zero-order chi connectivity index (χ0) is 37.4.